The molecule has 0 aliphatic carbocycles. The molecule has 4 aromatic rings. The van der Waals surface area contributed by atoms with Crippen molar-refractivity contribution >= 4 is 50.2 Å². The number of halogens is 1. The highest BCUT2D eigenvalue weighted by molar-refractivity contribution is 7.18. The first-order valence-electron chi connectivity index (χ1n) is 10.2. The van der Waals surface area contributed by atoms with E-state index in [4.69, 9.17) is 21.1 Å². The van der Waals surface area contributed by atoms with Gasteiger partial charge < -0.3 is 14.4 Å². The maximum absolute atomic E-state index is 11.6. The van der Waals surface area contributed by atoms with Crippen molar-refractivity contribution in [3.05, 3.63) is 76.9 Å². The Morgan fingerprint density at radius 2 is 1.94 bits per heavy atom. The first-order valence-corrected chi connectivity index (χ1v) is 11.5. The molecule has 32 heavy (non-hydrogen) atoms. The number of methoxy groups -OCH3 is 1. The van der Waals surface area contributed by atoms with Crippen LogP contribution in [0.5, 0.6) is 11.5 Å². The van der Waals surface area contributed by atoms with Crippen LogP contribution in [0.4, 0.5) is 11.4 Å². The fourth-order valence-electron chi connectivity index (χ4n) is 3.54. The standard InChI is InChI=1S/C25H23ClN2O3S/c1-17(29)18-7-8-23(24(15-18)30-2)31-14-4-13-28(19-9-11-27-12-10-19)22-16-32-25-20(22)5-3-6-21(25)26/h3,5-12,15-16H,4,13-14H2,1-2H3. The molecule has 0 spiro atoms. The lowest BCUT2D eigenvalue weighted by Crippen LogP contribution is -2.20. The number of anilines is 2. The Kier molecular flexibility index (Phi) is 6.93. The summed E-state index contributed by atoms with van der Waals surface area (Å²) in [5, 5.41) is 4.03. The zero-order valence-corrected chi connectivity index (χ0v) is 19.4. The summed E-state index contributed by atoms with van der Waals surface area (Å²) in [6.07, 6.45) is 4.36. The van der Waals surface area contributed by atoms with Crippen LogP contribution in [0, 0.1) is 0 Å². The maximum atomic E-state index is 11.6. The number of nitrogens with zero attached hydrogens (tertiary/aromatic N) is 2. The molecule has 2 heterocycles. The molecule has 2 aromatic carbocycles. The predicted molar refractivity (Wildman–Crippen MR) is 131 cm³/mol. The molecule has 0 aliphatic rings. The van der Waals surface area contributed by atoms with E-state index in [1.165, 1.54) is 6.92 Å². The second-order valence-corrected chi connectivity index (χ2v) is 8.51. The van der Waals surface area contributed by atoms with Crippen molar-refractivity contribution in [2.45, 2.75) is 13.3 Å². The fraction of sp³-hybridized carbons (Fsp3) is 0.200. The molecular formula is C25H23ClN2O3S. The number of hydrogen-bond donors (Lipinski definition) is 0. The lowest BCUT2D eigenvalue weighted by Gasteiger charge is -2.24. The van der Waals surface area contributed by atoms with Crippen molar-refractivity contribution < 1.29 is 14.3 Å². The van der Waals surface area contributed by atoms with E-state index < -0.39 is 0 Å². The van der Waals surface area contributed by atoms with Gasteiger partial charge in [0.2, 0.25) is 0 Å². The highest BCUT2D eigenvalue weighted by Crippen LogP contribution is 2.40. The van der Waals surface area contributed by atoms with E-state index in [1.54, 1.807) is 49.0 Å². The van der Waals surface area contributed by atoms with Crippen LogP contribution in [-0.2, 0) is 0 Å². The number of pyridine rings is 1. The van der Waals surface area contributed by atoms with Gasteiger partial charge in [-0.2, -0.15) is 0 Å². The van der Waals surface area contributed by atoms with Gasteiger partial charge >= 0.3 is 0 Å². The SMILES string of the molecule is COc1cc(C(C)=O)ccc1OCCCN(c1ccncc1)c1csc2c(Cl)cccc12. The van der Waals surface area contributed by atoms with Crippen LogP contribution in [0.2, 0.25) is 5.02 Å². The van der Waals surface area contributed by atoms with Gasteiger partial charge in [-0.3, -0.25) is 9.78 Å². The van der Waals surface area contributed by atoms with E-state index in [9.17, 15) is 4.79 Å². The number of carbonyl (C=O) groups excluding carboxylic acids is 1. The minimum absolute atomic E-state index is 0.00839. The number of thiophene rings is 1. The molecule has 0 atom stereocenters. The van der Waals surface area contributed by atoms with Gasteiger partial charge in [0.1, 0.15) is 0 Å². The molecule has 0 bridgehead atoms. The van der Waals surface area contributed by atoms with Crippen molar-refractivity contribution in [3.8, 4) is 11.5 Å². The van der Waals surface area contributed by atoms with Gasteiger partial charge in [0.05, 0.1) is 29.1 Å². The monoisotopic (exact) mass is 466 g/mol. The second-order valence-electron chi connectivity index (χ2n) is 7.22. The lowest BCUT2D eigenvalue weighted by atomic mass is 10.1. The molecule has 0 fully saturated rings. The molecule has 2 aromatic heterocycles. The normalized spacial score (nSPS) is 10.8. The Balaban J connectivity index is 1.51. The molecule has 0 radical (unpaired) electrons. The third-order valence-corrected chi connectivity index (χ3v) is 6.59. The van der Waals surface area contributed by atoms with Crippen molar-refractivity contribution in [1.29, 1.82) is 0 Å². The van der Waals surface area contributed by atoms with Gasteiger partial charge in [-0.15, -0.1) is 11.3 Å². The minimum Gasteiger partial charge on any atom is -0.493 e. The summed E-state index contributed by atoms with van der Waals surface area (Å²) in [5.74, 6) is 1.17. The first-order chi connectivity index (χ1) is 15.6. The molecular weight excluding hydrogens is 444 g/mol. The molecule has 0 saturated heterocycles. The molecule has 0 saturated carbocycles. The van der Waals surface area contributed by atoms with Crippen LogP contribution in [0.15, 0.2) is 66.3 Å². The Labute approximate surface area is 196 Å². The predicted octanol–water partition coefficient (Wildman–Crippen LogP) is 6.77. The van der Waals surface area contributed by atoms with Crippen molar-refractivity contribution in [1.82, 2.24) is 4.98 Å². The number of ketones is 1. The van der Waals surface area contributed by atoms with Gasteiger partial charge in [-0.05, 0) is 49.7 Å². The van der Waals surface area contributed by atoms with Gasteiger partial charge in [-0.25, -0.2) is 0 Å². The number of carbonyl (C=O) groups is 1. The van der Waals surface area contributed by atoms with E-state index >= 15 is 0 Å². The molecule has 0 aliphatic heterocycles. The summed E-state index contributed by atoms with van der Waals surface area (Å²) < 4.78 is 12.5. The molecule has 5 nitrogen and oxygen atoms in total. The van der Waals surface area contributed by atoms with Crippen molar-refractivity contribution in [2.75, 3.05) is 25.2 Å². The molecule has 7 heteroatoms. The number of Topliss-reactive ketones (excluding diaryl/α,β-unsaturated/α-hetero) is 1. The van der Waals surface area contributed by atoms with Crippen LogP contribution in [-0.4, -0.2) is 31.0 Å². The van der Waals surface area contributed by atoms with Gasteiger partial charge in [-0.1, -0.05) is 23.7 Å². The summed E-state index contributed by atoms with van der Waals surface area (Å²) in [6.45, 7) is 2.78. The van der Waals surface area contributed by atoms with Crippen LogP contribution in [0.1, 0.15) is 23.7 Å². The molecule has 0 amide bonds. The topological polar surface area (TPSA) is 51.7 Å². The van der Waals surface area contributed by atoms with E-state index in [0.29, 0.717) is 23.7 Å². The Morgan fingerprint density at radius 1 is 1.12 bits per heavy atom. The van der Waals surface area contributed by atoms with Crippen molar-refractivity contribution in [3.63, 3.8) is 0 Å². The number of aromatic nitrogens is 1. The summed E-state index contributed by atoms with van der Waals surface area (Å²) in [4.78, 5) is 18.0. The van der Waals surface area contributed by atoms with Crippen LogP contribution < -0.4 is 14.4 Å². The van der Waals surface area contributed by atoms with Gasteiger partial charge in [0.15, 0.2) is 17.3 Å². The van der Waals surface area contributed by atoms with Gasteiger partial charge in [0, 0.05) is 41.0 Å². The van der Waals surface area contributed by atoms with E-state index in [-0.39, 0.29) is 5.78 Å². The number of fused-ring (bicyclic) bond motifs is 1. The Bertz CT molecular complexity index is 1230. The van der Waals surface area contributed by atoms with E-state index in [2.05, 4.69) is 21.3 Å². The zero-order valence-electron chi connectivity index (χ0n) is 17.9. The lowest BCUT2D eigenvalue weighted by molar-refractivity contribution is 0.101. The second kappa shape index (κ2) is 10.0. The van der Waals surface area contributed by atoms with E-state index in [0.717, 1.165) is 39.4 Å². The Morgan fingerprint density at radius 3 is 2.69 bits per heavy atom. The number of rotatable bonds is 9. The highest BCUT2D eigenvalue weighted by Gasteiger charge is 2.16. The largest absolute Gasteiger partial charge is 0.493 e. The third kappa shape index (κ3) is 4.71. The molecule has 0 unspecified atom stereocenters. The van der Waals surface area contributed by atoms with Gasteiger partial charge in [0.25, 0.3) is 0 Å². The quantitative estimate of drug-likeness (QED) is 0.201. The first kappa shape index (κ1) is 22.1. The summed E-state index contributed by atoms with van der Waals surface area (Å²) in [7, 11) is 1.57. The third-order valence-electron chi connectivity index (χ3n) is 5.15. The fourth-order valence-corrected chi connectivity index (χ4v) is 4.81. The number of benzene rings is 2. The van der Waals surface area contributed by atoms with Crippen LogP contribution >= 0.6 is 22.9 Å². The van der Waals surface area contributed by atoms with Crippen LogP contribution in [0.25, 0.3) is 10.1 Å². The smallest absolute Gasteiger partial charge is 0.161 e. The van der Waals surface area contributed by atoms with Crippen LogP contribution in [0.3, 0.4) is 0 Å². The summed E-state index contributed by atoms with van der Waals surface area (Å²) in [6, 6.07) is 15.2. The zero-order chi connectivity index (χ0) is 22.5. The maximum Gasteiger partial charge on any atom is 0.161 e. The number of ether oxygens (including phenoxy) is 2. The average Bonchev–Trinajstić information content (AvgIpc) is 3.25. The highest BCUT2D eigenvalue weighted by atomic mass is 35.5. The Hall–Kier alpha value is -3.09. The molecule has 0 N–H and O–H groups in total. The molecule has 4 rings (SSSR count). The van der Waals surface area contributed by atoms with E-state index in [1.807, 2.05) is 24.3 Å². The minimum atomic E-state index is -0.00839. The average molecular weight is 467 g/mol. The summed E-state index contributed by atoms with van der Waals surface area (Å²) in [5.41, 5.74) is 2.77. The van der Waals surface area contributed by atoms with Crippen molar-refractivity contribution in [2.24, 2.45) is 0 Å². The summed E-state index contributed by atoms with van der Waals surface area (Å²) >= 11 is 8.05. The number of hydrogen-bond acceptors (Lipinski definition) is 6. The molecule has 164 valence electrons.